The van der Waals surface area contributed by atoms with E-state index in [-0.39, 0.29) is 12.4 Å². The molecule has 2 aliphatic rings. The van der Waals surface area contributed by atoms with Crippen LogP contribution in [-0.4, -0.2) is 24.0 Å². The summed E-state index contributed by atoms with van der Waals surface area (Å²) in [5.41, 5.74) is 4.72. The van der Waals surface area contributed by atoms with Gasteiger partial charge in [-0.25, -0.2) is 0 Å². The summed E-state index contributed by atoms with van der Waals surface area (Å²) >= 11 is 0. The van der Waals surface area contributed by atoms with Gasteiger partial charge in [0.15, 0.2) is 0 Å². The smallest absolute Gasteiger partial charge is 0.311 e. The molecule has 2 radical (unpaired) electrons. The number of hydrogen-bond donors (Lipinski definition) is 0. The van der Waals surface area contributed by atoms with Crippen molar-refractivity contribution in [1.29, 1.82) is 0 Å². The molecule has 4 heteroatoms. The SMILES string of the molecule is CCc1cccc(CC)c1N1[C]N(C2CCCCC2)C=C1CC(=O)OC. The predicted octanol–water partition coefficient (Wildman–Crippen LogP) is 4.67. The van der Waals surface area contributed by atoms with Gasteiger partial charge >= 0.3 is 5.97 Å². The number of hydrogen-bond acceptors (Lipinski definition) is 4. The highest BCUT2D eigenvalue weighted by Gasteiger charge is 2.32. The Balaban J connectivity index is 1.94. The van der Waals surface area contributed by atoms with Crippen molar-refractivity contribution < 1.29 is 9.53 Å². The van der Waals surface area contributed by atoms with Gasteiger partial charge < -0.3 is 14.5 Å². The van der Waals surface area contributed by atoms with Crippen molar-refractivity contribution in [2.75, 3.05) is 12.0 Å². The van der Waals surface area contributed by atoms with Crippen LogP contribution in [0.1, 0.15) is 63.5 Å². The highest BCUT2D eigenvalue weighted by atomic mass is 16.5. The molecule has 0 amide bonds. The minimum absolute atomic E-state index is 0.208. The van der Waals surface area contributed by atoms with E-state index < -0.39 is 0 Å². The minimum atomic E-state index is -0.208. The van der Waals surface area contributed by atoms with Crippen molar-refractivity contribution in [2.45, 2.75) is 71.3 Å². The third kappa shape index (κ3) is 3.89. The lowest BCUT2D eigenvalue weighted by Crippen LogP contribution is -2.32. The molecular weight excluding hydrogens is 324 g/mol. The number of methoxy groups -OCH3 is 1. The van der Waals surface area contributed by atoms with E-state index >= 15 is 0 Å². The fourth-order valence-corrected chi connectivity index (χ4v) is 4.01. The van der Waals surface area contributed by atoms with Crippen LogP contribution in [0.4, 0.5) is 5.69 Å². The van der Waals surface area contributed by atoms with E-state index in [1.54, 1.807) is 0 Å². The summed E-state index contributed by atoms with van der Waals surface area (Å²) in [6.45, 7) is 7.93. The topological polar surface area (TPSA) is 32.8 Å². The van der Waals surface area contributed by atoms with Crippen LogP contribution in [0.15, 0.2) is 30.1 Å². The van der Waals surface area contributed by atoms with Crippen molar-refractivity contribution >= 4 is 11.7 Å². The molecule has 26 heavy (non-hydrogen) atoms. The van der Waals surface area contributed by atoms with E-state index in [9.17, 15) is 4.79 Å². The highest BCUT2D eigenvalue weighted by Crippen LogP contribution is 2.38. The largest absolute Gasteiger partial charge is 0.469 e. The molecule has 1 fully saturated rings. The summed E-state index contributed by atoms with van der Waals surface area (Å²) in [6.07, 6.45) is 10.5. The lowest BCUT2D eigenvalue weighted by molar-refractivity contribution is -0.139. The summed E-state index contributed by atoms with van der Waals surface area (Å²) in [5.74, 6) is -0.208. The number of nitrogens with zero attached hydrogens (tertiary/aromatic N) is 2. The maximum Gasteiger partial charge on any atom is 0.311 e. The number of carbonyl (C=O) groups is 1. The second-order valence-electron chi connectivity index (χ2n) is 7.14. The van der Waals surface area contributed by atoms with Crippen molar-refractivity contribution in [2.24, 2.45) is 0 Å². The van der Waals surface area contributed by atoms with Gasteiger partial charge in [-0.15, -0.1) is 0 Å². The number of ether oxygens (including phenoxy) is 1. The average molecular weight is 354 g/mol. The van der Waals surface area contributed by atoms with E-state index in [0.29, 0.717) is 6.04 Å². The number of rotatable bonds is 6. The van der Waals surface area contributed by atoms with Gasteiger partial charge in [0.05, 0.1) is 13.5 Å². The molecule has 1 aliphatic carbocycles. The number of esters is 1. The van der Waals surface area contributed by atoms with Crippen LogP contribution in [0.5, 0.6) is 0 Å². The number of para-hydroxylation sites is 1. The fraction of sp³-hybridized carbons (Fsp3) is 0.545. The molecule has 3 rings (SSSR count). The molecule has 0 saturated heterocycles. The molecule has 1 heterocycles. The van der Waals surface area contributed by atoms with Crippen LogP contribution in [0.25, 0.3) is 0 Å². The summed E-state index contributed by atoms with van der Waals surface area (Å²) in [4.78, 5) is 16.3. The zero-order valence-electron chi connectivity index (χ0n) is 16.3. The molecular formula is C22H30N2O2. The summed E-state index contributed by atoms with van der Waals surface area (Å²) in [5, 5.41) is 0. The predicted molar refractivity (Wildman–Crippen MR) is 104 cm³/mol. The maximum atomic E-state index is 12.0. The van der Waals surface area contributed by atoms with E-state index in [4.69, 9.17) is 4.74 Å². The van der Waals surface area contributed by atoms with Crippen molar-refractivity contribution in [3.63, 3.8) is 0 Å². The Bertz CT molecular complexity index is 640. The van der Waals surface area contributed by atoms with Crippen molar-refractivity contribution in [3.05, 3.63) is 47.9 Å². The van der Waals surface area contributed by atoms with Crippen molar-refractivity contribution in [3.8, 4) is 0 Å². The van der Waals surface area contributed by atoms with Crippen molar-refractivity contribution in [1.82, 2.24) is 4.90 Å². The minimum Gasteiger partial charge on any atom is -0.469 e. The summed E-state index contributed by atoms with van der Waals surface area (Å²) in [7, 11) is 1.45. The Morgan fingerprint density at radius 3 is 2.38 bits per heavy atom. The van der Waals surface area contributed by atoms with Gasteiger partial charge in [0.25, 0.3) is 0 Å². The van der Waals surface area contributed by atoms with Gasteiger partial charge in [-0.3, -0.25) is 4.79 Å². The number of benzene rings is 1. The summed E-state index contributed by atoms with van der Waals surface area (Å²) < 4.78 is 4.94. The second-order valence-corrected chi connectivity index (χ2v) is 7.14. The monoisotopic (exact) mass is 354 g/mol. The number of anilines is 1. The van der Waals surface area contributed by atoms with E-state index in [2.05, 4.69) is 54.7 Å². The quantitative estimate of drug-likeness (QED) is 0.695. The number of aryl methyl sites for hydroxylation is 2. The van der Waals surface area contributed by atoms with Gasteiger partial charge in [-0.05, 0) is 36.8 Å². The molecule has 0 spiro atoms. The molecule has 1 aliphatic heterocycles. The van der Waals surface area contributed by atoms with Crippen LogP contribution in [-0.2, 0) is 22.4 Å². The van der Waals surface area contributed by atoms with Gasteiger partial charge in [0, 0.05) is 23.6 Å². The molecule has 0 aromatic heterocycles. The molecule has 1 aromatic carbocycles. The first-order valence-corrected chi connectivity index (χ1v) is 9.90. The number of carbonyl (C=O) groups excluding carboxylic acids is 1. The summed E-state index contributed by atoms with van der Waals surface area (Å²) in [6, 6.07) is 6.96. The van der Waals surface area contributed by atoms with E-state index in [1.807, 2.05) is 0 Å². The second kappa shape index (κ2) is 8.61. The van der Waals surface area contributed by atoms with Crippen LogP contribution in [0.3, 0.4) is 0 Å². The molecule has 0 atom stereocenters. The average Bonchev–Trinajstić information content (AvgIpc) is 3.11. The van der Waals surface area contributed by atoms with Gasteiger partial charge in [-0.1, -0.05) is 51.3 Å². The van der Waals surface area contributed by atoms with Crippen LogP contribution in [0.2, 0.25) is 0 Å². The third-order valence-electron chi connectivity index (χ3n) is 5.50. The Hall–Kier alpha value is -1.97. The molecule has 0 unspecified atom stereocenters. The van der Waals surface area contributed by atoms with Crippen LogP contribution in [0, 0.1) is 6.67 Å². The van der Waals surface area contributed by atoms with E-state index in [1.165, 1.54) is 56.0 Å². The maximum absolute atomic E-state index is 12.0. The molecule has 0 bridgehead atoms. The molecule has 1 saturated carbocycles. The molecule has 1 aromatic rings. The fourth-order valence-electron chi connectivity index (χ4n) is 4.01. The third-order valence-corrected chi connectivity index (χ3v) is 5.50. The first kappa shape index (κ1) is 18.8. The molecule has 140 valence electrons. The molecule has 4 nitrogen and oxygen atoms in total. The molecule has 0 N–H and O–H groups in total. The zero-order chi connectivity index (χ0) is 18.5. The van der Waals surface area contributed by atoms with E-state index in [0.717, 1.165) is 18.5 Å². The standard InChI is InChI=1S/C22H30N2O2/c1-4-17-10-9-11-18(5-2)22(17)24-16-23(19-12-7-6-8-13-19)15-20(24)14-21(25)26-3/h9-11,15,19H,4-8,12-14H2,1-3H3. The Morgan fingerprint density at radius 2 is 1.81 bits per heavy atom. The normalized spacial score (nSPS) is 18.2. The Morgan fingerprint density at radius 1 is 1.15 bits per heavy atom. The lowest BCUT2D eigenvalue weighted by atomic mass is 9.95. The van der Waals surface area contributed by atoms with Gasteiger partial charge in [-0.2, -0.15) is 0 Å². The van der Waals surface area contributed by atoms with Crippen LogP contribution >= 0.6 is 0 Å². The highest BCUT2D eigenvalue weighted by molar-refractivity contribution is 5.76. The Kier molecular flexibility index (Phi) is 6.23. The zero-order valence-corrected chi connectivity index (χ0v) is 16.3. The van der Waals surface area contributed by atoms with Gasteiger partial charge in [0.2, 0.25) is 6.67 Å². The van der Waals surface area contributed by atoms with Gasteiger partial charge in [0.1, 0.15) is 0 Å². The first-order chi connectivity index (χ1) is 12.7. The first-order valence-electron chi connectivity index (χ1n) is 9.90. The Labute approximate surface area is 157 Å². The van der Waals surface area contributed by atoms with Crippen LogP contribution < -0.4 is 4.90 Å². The lowest BCUT2D eigenvalue weighted by Gasteiger charge is -2.32.